The molecule has 1 aromatic carbocycles. The highest BCUT2D eigenvalue weighted by Gasteiger charge is 2.27. The van der Waals surface area contributed by atoms with E-state index in [1.54, 1.807) is 6.26 Å². The van der Waals surface area contributed by atoms with Crippen molar-refractivity contribution in [2.45, 2.75) is 38.3 Å². The van der Waals surface area contributed by atoms with Gasteiger partial charge in [0, 0.05) is 17.5 Å². The lowest BCUT2D eigenvalue weighted by atomic mass is 10.0. The Morgan fingerprint density at radius 2 is 1.96 bits per heavy atom. The number of furan rings is 1. The molecule has 5 heteroatoms. The fourth-order valence-electron chi connectivity index (χ4n) is 3.34. The average molecular weight is 361 g/mol. The van der Waals surface area contributed by atoms with Crippen molar-refractivity contribution in [2.75, 3.05) is 20.1 Å². The van der Waals surface area contributed by atoms with Gasteiger partial charge in [0.05, 0.1) is 12.8 Å². The summed E-state index contributed by atoms with van der Waals surface area (Å²) in [5.41, 5.74) is 1.14. The van der Waals surface area contributed by atoms with E-state index in [1.165, 1.54) is 0 Å². The van der Waals surface area contributed by atoms with Crippen LogP contribution in [0.3, 0.4) is 0 Å². The van der Waals surface area contributed by atoms with Gasteiger partial charge in [-0.25, -0.2) is 0 Å². The maximum absolute atomic E-state index is 12.9. The summed E-state index contributed by atoms with van der Waals surface area (Å²) in [6, 6.07) is 11.8. The molecule has 2 aromatic rings. The minimum atomic E-state index is 0.195. The zero-order valence-electron chi connectivity index (χ0n) is 14.7. The Kier molecular flexibility index (Phi) is 6.16. The highest BCUT2D eigenvalue weighted by Crippen LogP contribution is 2.20. The molecule has 134 valence electrons. The van der Waals surface area contributed by atoms with Gasteiger partial charge in [0.15, 0.2) is 0 Å². The van der Waals surface area contributed by atoms with Crippen molar-refractivity contribution in [1.82, 2.24) is 9.80 Å². The Morgan fingerprint density at radius 3 is 2.60 bits per heavy atom. The zero-order valence-corrected chi connectivity index (χ0v) is 15.4. The molecule has 2 heterocycles. The van der Waals surface area contributed by atoms with Gasteiger partial charge in [-0.3, -0.25) is 4.79 Å². The second-order valence-corrected chi connectivity index (χ2v) is 7.20. The molecule has 0 saturated carbocycles. The van der Waals surface area contributed by atoms with Crippen molar-refractivity contribution in [1.29, 1.82) is 0 Å². The summed E-state index contributed by atoms with van der Waals surface area (Å²) in [7, 11) is 2.13. The number of hydrogen-bond acceptors (Lipinski definition) is 3. The van der Waals surface area contributed by atoms with Crippen molar-refractivity contribution in [3.8, 4) is 0 Å². The monoisotopic (exact) mass is 360 g/mol. The number of hydrogen-bond donors (Lipinski definition) is 0. The van der Waals surface area contributed by atoms with Crippen molar-refractivity contribution in [2.24, 2.45) is 0 Å². The van der Waals surface area contributed by atoms with Gasteiger partial charge in [0.2, 0.25) is 5.91 Å². The van der Waals surface area contributed by atoms with Crippen LogP contribution in [0.25, 0.3) is 0 Å². The molecule has 0 aliphatic carbocycles. The minimum absolute atomic E-state index is 0.195. The van der Waals surface area contributed by atoms with Crippen LogP contribution in [-0.2, 0) is 17.8 Å². The largest absolute Gasteiger partial charge is 0.467 e. The van der Waals surface area contributed by atoms with Crippen LogP contribution in [0.4, 0.5) is 0 Å². The maximum atomic E-state index is 12.9. The van der Waals surface area contributed by atoms with Crippen molar-refractivity contribution < 1.29 is 9.21 Å². The number of aryl methyl sites for hydroxylation is 1. The number of rotatable bonds is 6. The van der Waals surface area contributed by atoms with Crippen LogP contribution in [0.5, 0.6) is 0 Å². The van der Waals surface area contributed by atoms with Crippen LogP contribution < -0.4 is 0 Å². The molecule has 0 N–H and O–H groups in total. The molecule has 1 fully saturated rings. The van der Waals surface area contributed by atoms with Crippen LogP contribution in [0.2, 0.25) is 5.02 Å². The van der Waals surface area contributed by atoms with E-state index in [0.717, 1.165) is 48.7 Å². The van der Waals surface area contributed by atoms with E-state index in [-0.39, 0.29) is 5.91 Å². The lowest BCUT2D eigenvalue weighted by Crippen LogP contribution is -2.46. The van der Waals surface area contributed by atoms with Crippen LogP contribution in [-0.4, -0.2) is 41.9 Å². The van der Waals surface area contributed by atoms with Crippen LogP contribution >= 0.6 is 11.6 Å². The Morgan fingerprint density at radius 1 is 1.24 bits per heavy atom. The average Bonchev–Trinajstić information content (AvgIpc) is 3.13. The predicted molar refractivity (Wildman–Crippen MR) is 99.6 cm³/mol. The number of nitrogens with zero attached hydrogens (tertiary/aromatic N) is 2. The van der Waals surface area contributed by atoms with Gasteiger partial charge in [0.1, 0.15) is 5.76 Å². The summed E-state index contributed by atoms with van der Waals surface area (Å²) < 4.78 is 5.48. The highest BCUT2D eigenvalue weighted by molar-refractivity contribution is 6.30. The van der Waals surface area contributed by atoms with Crippen LogP contribution in [0, 0.1) is 0 Å². The van der Waals surface area contributed by atoms with Gasteiger partial charge in [-0.2, -0.15) is 0 Å². The van der Waals surface area contributed by atoms with Crippen molar-refractivity contribution in [3.63, 3.8) is 0 Å². The molecule has 1 aliphatic rings. The molecule has 1 amide bonds. The molecule has 4 nitrogen and oxygen atoms in total. The van der Waals surface area contributed by atoms with E-state index in [1.807, 2.05) is 41.3 Å². The predicted octanol–water partition coefficient (Wildman–Crippen LogP) is 3.99. The zero-order chi connectivity index (χ0) is 17.6. The number of benzene rings is 1. The number of piperidine rings is 1. The summed E-state index contributed by atoms with van der Waals surface area (Å²) in [5, 5.41) is 0.723. The summed E-state index contributed by atoms with van der Waals surface area (Å²) in [5.74, 6) is 1.04. The molecule has 0 spiro atoms. The van der Waals surface area contributed by atoms with E-state index in [0.29, 0.717) is 19.0 Å². The quantitative estimate of drug-likeness (QED) is 0.781. The fourth-order valence-corrected chi connectivity index (χ4v) is 3.47. The van der Waals surface area contributed by atoms with E-state index in [4.69, 9.17) is 16.0 Å². The molecule has 0 atom stereocenters. The second-order valence-electron chi connectivity index (χ2n) is 6.76. The van der Waals surface area contributed by atoms with Crippen molar-refractivity contribution in [3.05, 3.63) is 59.0 Å². The standard InChI is InChI=1S/C20H25ClN2O2/c1-22-12-10-18(11-13-22)23(15-19-3-2-14-25-19)20(24)9-6-16-4-7-17(21)8-5-16/h2-5,7-8,14,18H,6,9-13,15H2,1H3. The van der Waals surface area contributed by atoms with Gasteiger partial charge in [-0.15, -0.1) is 0 Å². The van der Waals surface area contributed by atoms with Gasteiger partial charge in [-0.1, -0.05) is 23.7 Å². The number of halogens is 1. The highest BCUT2D eigenvalue weighted by atomic mass is 35.5. The molecule has 1 saturated heterocycles. The number of amides is 1. The molecule has 1 aromatic heterocycles. The lowest BCUT2D eigenvalue weighted by molar-refractivity contribution is -0.135. The third-order valence-corrected chi connectivity index (χ3v) is 5.15. The molecule has 0 unspecified atom stereocenters. The first-order chi connectivity index (χ1) is 12.1. The van der Waals surface area contributed by atoms with Gasteiger partial charge in [-0.05, 0) is 69.2 Å². The Bertz CT molecular complexity index is 662. The fraction of sp³-hybridized carbons (Fsp3) is 0.450. The van der Waals surface area contributed by atoms with E-state index in [2.05, 4.69) is 11.9 Å². The first-order valence-electron chi connectivity index (χ1n) is 8.86. The topological polar surface area (TPSA) is 36.7 Å². The molecule has 3 rings (SSSR count). The van der Waals surface area contributed by atoms with Gasteiger partial charge >= 0.3 is 0 Å². The van der Waals surface area contributed by atoms with E-state index in [9.17, 15) is 4.79 Å². The van der Waals surface area contributed by atoms with E-state index >= 15 is 0 Å². The summed E-state index contributed by atoms with van der Waals surface area (Å²) in [4.78, 5) is 17.3. The van der Waals surface area contributed by atoms with Gasteiger partial charge in [0.25, 0.3) is 0 Å². The maximum Gasteiger partial charge on any atom is 0.223 e. The second kappa shape index (κ2) is 8.54. The Hall–Kier alpha value is -1.78. The Balaban J connectivity index is 1.64. The first-order valence-corrected chi connectivity index (χ1v) is 9.24. The van der Waals surface area contributed by atoms with Crippen LogP contribution in [0.1, 0.15) is 30.6 Å². The SMILES string of the molecule is CN1CCC(N(Cc2ccco2)C(=O)CCc2ccc(Cl)cc2)CC1. The number of likely N-dealkylation sites (tertiary alicyclic amines) is 1. The molecule has 25 heavy (non-hydrogen) atoms. The van der Waals surface area contributed by atoms with Crippen LogP contribution in [0.15, 0.2) is 47.1 Å². The summed E-state index contributed by atoms with van der Waals surface area (Å²) in [6.07, 6.45) is 4.94. The van der Waals surface area contributed by atoms with Crippen molar-refractivity contribution >= 4 is 17.5 Å². The summed E-state index contributed by atoms with van der Waals surface area (Å²) >= 11 is 5.93. The smallest absolute Gasteiger partial charge is 0.223 e. The van der Waals surface area contributed by atoms with Gasteiger partial charge < -0.3 is 14.2 Å². The van der Waals surface area contributed by atoms with E-state index < -0.39 is 0 Å². The lowest BCUT2D eigenvalue weighted by Gasteiger charge is -2.37. The molecular weight excluding hydrogens is 336 g/mol. The third-order valence-electron chi connectivity index (χ3n) is 4.90. The number of carbonyl (C=O) groups excluding carboxylic acids is 1. The minimum Gasteiger partial charge on any atom is -0.467 e. The molecule has 0 bridgehead atoms. The summed E-state index contributed by atoms with van der Waals surface area (Å²) in [6.45, 7) is 2.62. The first kappa shape index (κ1) is 18.0. The molecule has 1 aliphatic heterocycles. The molecular formula is C20H25ClN2O2. The molecule has 0 radical (unpaired) electrons. The normalized spacial score (nSPS) is 16.1. The number of carbonyl (C=O) groups is 1. The Labute approximate surface area is 154 Å². The third kappa shape index (κ3) is 5.10.